The Kier molecular flexibility index (Phi) is 4.47. The van der Waals surface area contributed by atoms with Gasteiger partial charge in [-0.25, -0.2) is 4.68 Å². The quantitative estimate of drug-likeness (QED) is 0.759. The Morgan fingerprint density at radius 1 is 1.04 bits per heavy atom. The van der Waals surface area contributed by atoms with Gasteiger partial charge in [-0.2, -0.15) is 0 Å². The van der Waals surface area contributed by atoms with Crippen LogP contribution < -0.4 is 21.2 Å². The summed E-state index contributed by atoms with van der Waals surface area (Å²) in [4.78, 5) is 35.8. The summed E-state index contributed by atoms with van der Waals surface area (Å²) in [6.07, 6.45) is 0. The highest BCUT2D eigenvalue weighted by molar-refractivity contribution is 6.05. The Labute approximate surface area is 142 Å². The lowest BCUT2D eigenvalue weighted by atomic mass is 10.1. The third-order valence-electron chi connectivity index (χ3n) is 3.54. The van der Waals surface area contributed by atoms with Crippen molar-refractivity contribution in [3.63, 3.8) is 0 Å². The van der Waals surface area contributed by atoms with Gasteiger partial charge in [-0.15, -0.1) is 0 Å². The molecule has 0 fully saturated rings. The van der Waals surface area contributed by atoms with E-state index in [1.165, 1.54) is 19.2 Å². The number of methoxy groups -OCH3 is 1. The molecule has 7 heteroatoms. The summed E-state index contributed by atoms with van der Waals surface area (Å²) >= 11 is 0. The predicted molar refractivity (Wildman–Crippen MR) is 93.6 cm³/mol. The maximum atomic E-state index is 12.5. The largest absolute Gasteiger partial charge is 0.495 e. The molecule has 0 radical (unpaired) electrons. The summed E-state index contributed by atoms with van der Waals surface area (Å²) in [6, 6.07) is 15.7. The number of nitrogens with one attached hydrogen (secondary N) is 2. The molecule has 0 atom stereocenters. The number of hydrogen-bond acceptors (Lipinski definition) is 4. The molecule has 126 valence electrons. The van der Waals surface area contributed by atoms with Crippen LogP contribution >= 0.6 is 0 Å². The number of carbonyl (C=O) groups is 1. The molecule has 0 bridgehead atoms. The third-order valence-corrected chi connectivity index (χ3v) is 3.54. The number of rotatable bonds is 4. The standard InChI is InChI=1S/C18H15N3O4/c1-25-15-8-3-2-7-14(15)19-18(24)12-5-4-6-13(11-12)21-17(23)10-9-16(22)20-21/h2-11H,1H3,(H,19,24)(H,20,22). The van der Waals surface area contributed by atoms with Gasteiger partial charge in [-0.05, 0) is 30.3 Å². The Balaban J connectivity index is 1.93. The predicted octanol–water partition coefficient (Wildman–Crippen LogP) is 1.79. The van der Waals surface area contributed by atoms with Crippen LogP contribution in [-0.2, 0) is 0 Å². The number of carbonyl (C=O) groups excluding carboxylic acids is 1. The number of aromatic nitrogens is 2. The minimum absolute atomic E-state index is 0.333. The summed E-state index contributed by atoms with van der Waals surface area (Å²) in [5, 5.41) is 5.18. The van der Waals surface area contributed by atoms with Crippen molar-refractivity contribution in [3.8, 4) is 11.4 Å². The molecular formula is C18H15N3O4. The summed E-state index contributed by atoms with van der Waals surface area (Å²) in [7, 11) is 1.52. The number of ether oxygens (including phenoxy) is 1. The fourth-order valence-electron chi connectivity index (χ4n) is 2.34. The van der Waals surface area contributed by atoms with E-state index in [4.69, 9.17) is 4.74 Å². The average molecular weight is 337 g/mol. The van der Waals surface area contributed by atoms with Crippen LogP contribution in [-0.4, -0.2) is 22.8 Å². The SMILES string of the molecule is COc1ccccc1NC(=O)c1cccc(-n2[nH]c(=O)ccc2=O)c1. The normalized spacial score (nSPS) is 10.3. The first-order valence-corrected chi connectivity index (χ1v) is 7.45. The molecule has 0 aliphatic heterocycles. The lowest BCUT2D eigenvalue weighted by Gasteiger charge is -2.11. The van der Waals surface area contributed by atoms with Gasteiger partial charge >= 0.3 is 0 Å². The lowest BCUT2D eigenvalue weighted by molar-refractivity contribution is 0.102. The number of aromatic amines is 1. The average Bonchev–Trinajstić information content (AvgIpc) is 2.64. The van der Waals surface area contributed by atoms with Crippen molar-refractivity contribution in [2.24, 2.45) is 0 Å². The molecule has 0 spiro atoms. The van der Waals surface area contributed by atoms with Crippen LogP contribution in [0.5, 0.6) is 5.75 Å². The molecule has 1 heterocycles. The van der Waals surface area contributed by atoms with Crippen LogP contribution in [0.15, 0.2) is 70.3 Å². The van der Waals surface area contributed by atoms with Gasteiger partial charge in [0.15, 0.2) is 0 Å². The molecular weight excluding hydrogens is 322 g/mol. The van der Waals surface area contributed by atoms with Gasteiger partial charge in [0.05, 0.1) is 18.5 Å². The van der Waals surface area contributed by atoms with Gasteiger partial charge in [0.25, 0.3) is 17.0 Å². The van der Waals surface area contributed by atoms with Crippen molar-refractivity contribution in [1.29, 1.82) is 0 Å². The van der Waals surface area contributed by atoms with E-state index in [2.05, 4.69) is 10.4 Å². The van der Waals surface area contributed by atoms with Crippen molar-refractivity contribution in [3.05, 3.63) is 86.9 Å². The van der Waals surface area contributed by atoms with Crippen LogP contribution in [0.2, 0.25) is 0 Å². The number of para-hydroxylation sites is 2. The Hall–Kier alpha value is -3.61. The first-order valence-electron chi connectivity index (χ1n) is 7.45. The van der Waals surface area contributed by atoms with E-state index in [1.54, 1.807) is 42.5 Å². The first kappa shape index (κ1) is 16.3. The molecule has 2 N–H and O–H groups in total. The van der Waals surface area contributed by atoms with E-state index in [-0.39, 0.29) is 5.91 Å². The van der Waals surface area contributed by atoms with Gasteiger partial charge in [-0.3, -0.25) is 19.5 Å². The topological polar surface area (TPSA) is 93.2 Å². The van der Waals surface area contributed by atoms with Crippen molar-refractivity contribution in [2.75, 3.05) is 12.4 Å². The van der Waals surface area contributed by atoms with Gasteiger partial charge in [0.2, 0.25) is 0 Å². The summed E-state index contributed by atoms with van der Waals surface area (Å²) in [6.45, 7) is 0. The van der Waals surface area contributed by atoms with Crippen molar-refractivity contribution < 1.29 is 9.53 Å². The number of anilines is 1. The highest BCUT2D eigenvalue weighted by atomic mass is 16.5. The molecule has 0 saturated heterocycles. The minimum atomic E-state index is -0.413. The third kappa shape index (κ3) is 3.50. The smallest absolute Gasteiger partial charge is 0.269 e. The van der Waals surface area contributed by atoms with Crippen molar-refractivity contribution in [2.45, 2.75) is 0 Å². The molecule has 0 saturated carbocycles. The Bertz CT molecular complexity index is 1040. The second-order valence-electron chi connectivity index (χ2n) is 5.19. The van der Waals surface area contributed by atoms with Crippen LogP contribution in [0.25, 0.3) is 5.69 Å². The number of nitrogens with zero attached hydrogens (tertiary/aromatic N) is 1. The Morgan fingerprint density at radius 2 is 1.84 bits per heavy atom. The number of H-pyrrole nitrogens is 1. The zero-order valence-electron chi connectivity index (χ0n) is 13.4. The zero-order chi connectivity index (χ0) is 17.8. The maximum Gasteiger partial charge on any atom is 0.269 e. The van der Waals surface area contributed by atoms with E-state index in [9.17, 15) is 14.4 Å². The molecule has 3 rings (SSSR count). The second-order valence-corrected chi connectivity index (χ2v) is 5.19. The highest BCUT2D eigenvalue weighted by Crippen LogP contribution is 2.23. The second kappa shape index (κ2) is 6.88. The summed E-state index contributed by atoms with van der Waals surface area (Å²) in [5.41, 5.74) is 0.437. The monoisotopic (exact) mass is 337 g/mol. The molecule has 2 aromatic carbocycles. The molecule has 0 aliphatic carbocycles. The van der Waals surface area contributed by atoms with Gasteiger partial charge in [-0.1, -0.05) is 18.2 Å². The molecule has 1 amide bonds. The van der Waals surface area contributed by atoms with Gasteiger partial charge in [0.1, 0.15) is 5.75 Å². The first-order chi connectivity index (χ1) is 12.1. The van der Waals surface area contributed by atoms with E-state index >= 15 is 0 Å². The van der Waals surface area contributed by atoms with E-state index in [1.807, 2.05) is 0 Å². The number of benzene rings is 2. The van der Waals surface area contributed by atoms with Gasteiger partial charge in [0, 0.05) is 17.7 Å². The minimum Gasteiger partial charge on any atom is -0.495 e. The van der Waals surface area contributed by atoms with Crippen LogP contribution in [0, 0.1) is 0 Å². The molecule has 7 nitrogen and oxygen atoms in total. The summed E-state index contributed by atoms with van der Waals surface area (Å²) in [5.74, 6) is 0.174. The Morgan fingerprint density at radius 3 is 2.64 bits per heavy atom. The van der Waals surface area contributed by atoms with Crippen LogP contribution in [0.3, 0.4) is 0 Å². The molecule has 0 aliphatic rings. The molecule has 1 aromatic heterocycles. The number of hydrogen-bond donors (Lipinski definition) is 2. The fraction of sp³-hybridized carbons (Fsp3) is 0.0556. The zero-order valence-corrected chi connectivity index (χ0v) is 13.4. The van der Waals surface area contributed by atoms with Crippen molar-refractivity contribution >= 4 is 11.6 Å². The van der Waals surface area contributed by atoms with Crippen LogP contribution in [0.4, 0.5) is 5.69 Å². The molecule has 25 heavy (non-hydrogen) atoms. The highest BCUT2D eigenvalue weighted by Gasteiger charge is 2.11. The van der Waals surface area contributed by atoms with Crippen molar-refractivity contribution in [1.82, 2.24) is 9.78 Å². The fourth-order valence-corrected chi connectivity index (χ4v) is 2.34. The lowest BCUT2D eigenvalue weighted by Crippen LogP contribution is -2.26. The van der Waals surface area contributed by atoms with E-state index in [0.29, 0.717) is 22.7 Å². The van der Waals surface area contributed by atoms with Crippen LogP contribution in [0.1, 0.15) is 10.4 Å². The van der Waals surface area contributed by atoms with Gasteiger partial charge < -0.3 is 10.1 Å². The number of amides is 1. The maximum absolute atomic E-state index is 12.5. The summed E-state index contributed by atoms with van der Waals surface area (Å²) < 4.78 is 6.29. The van der Waals surface area contributed by atoms with E-state index in [0.717, 1.165) is 10.7 Å². The molecule has 3 aromatic rings. The van der Waals surface area contributed by atoms with E-state index < -0.39 is 11.1 Å². The molecule has 0 unspecified atom stereocenters.